The van der Waals surface area contributed by atoms with E-state index in [1.807, 2.05) is 7.11 Å². The van der Waals surface area contributed by atoms with Gasteiger partial charge >= 0.3 is 0 Å². The summed E-state index contributed by atoms with van der Waals surface area (Å²) in [5.41, 5.74) is 0. The molecule has 0 aromatic rings. The molecule has 2 heteroatoms. The van der Waals surface area contributed by atoms with Gasteiger partial charge in [0.1, 0.15) is 0 Å². The molecule has 1 aliphatic heterocycles. The Bertz CT molecular complexity index is 183. The predicted octanol–water partition coefficient (Wildman–Crippen LogP) is 2.14. The zero-order valence-electron chi connectivity index (χ0n) is 9.54. The number of hydrogen-bond donors (Lipinski definition) is 0. The first kappa shape index (κ1) is 10.4. The van der Waals surface area contributed by atoms with Gasteiger partial charge in [0.05, 0.1) is 6.10 Å². The average Bonchev–Trinajstić information content (AvgIpc) is 2.27. The summed E-state index contributed by atoms with van der Waals surface area (Å²) in [7, 11) is 4.15. The molecule has 3 atom stereocenters. The Labute approximate surface area is 87.6 Å². The Kier molecular flexibility index (Phi) is 3.45. The lowest BCUT2D eigenvalue weighted by atomic mass is 9.85. The van der Waals surface area contributed by atoms with Gasteiger partial charge in [-0.25, -0.2) is 0 Å². The highest BCUT2D eigenvalue weighted by Gasteiger charge is 2.30. The van der Waals surface area contributed by atoms with Crippen LogP contribution in [0.5, 0.6) is 0 Å². The van der Waals surface area contributed by atoms with Crippen LogP contribution in [0.15, 0.2) is 0 Å². The minimum atomic E-state index is 0.525. The van der Waals surface area contributed by atoms with Gasteiger partial charge in [-0.1, -0.05) is 6.42 Å². The zero-order chi connectivity index (χ0) is 9.97. The van der Waals surface area contributed by atoms with Crippen molar-refractivity contribution < 1.29 is 4.74 Å². The third-order valence-electron chi connectivity index (χ3n) is 3.99. The Morgan fingerprint density at radius 3 is 2.71 bits per heavy atom. The molecular formula is C12H23NO. The summed E-state index contributed by atoms with van der Waals surface area (Å²) in [5.74, 6) is 1.75. The van der Waals surface area contributed by atoms with Gasteiger partial charge in [0.25, 0.3) is 0 Å². The van der Waals surface area contributed by atoms with E-state index in [9.17, 15) is 0 Å². The topological polar surface area (TPSA) is 12.5 Å². The normalized spacial score (nSPS) is 40.3. The number of ether oxygens (including phenoxy) is 1. The van der Waals surface area contributed by atoms with Crippen LogP contribution in [-0.4, -0.2) is 38.3 Å². The third kappa shape index (κ3) is 2.29. The lowest BCUT2D eigenvalue weighted by Crippen LogP contribution is -2.32. The molecule has 2 fully saturated rings. The van der Waals surface area contributed by atoms with E-state index in [1.54, 1.807) is 0 Å². The minimum Gasteiger partial charge on any atom is -0.381 e. The average molecular weight is 197 g/mol. The van der Waals surface area contributed by atoms with E-state index in [2.05, 4.69) is 11.9 Å². The predicted molar refractivity (Wildman–Crippen MR) is 58.4 cm³/mol. The molecule has 3 unspecified atom stereocenters. The molecule has 1 aliphatic carbocycles. The van der Waals surface area contributed by atoms with E-state index in [0.29, 0.717) is 6.10 Å². The summed E-state index contributed by atoms with van der Waals surface area (Å²) in [6.07, 6.45) is 7.40. The number of hydrogen-bond acceptors (Lipinski definition) is 2. The van der Waals surface area contributed by atoms with Crippen LogP contribution in [0.4, 0.5) is 0 Å². The highest BCUT2D eigenvalue weighted by Crippen LogP contribution is 2.31. The van der Waals surface area contributed by atoms with Crippen molar-refractivity contribution in [1.82, 2.24) is 4.90 Å². The fourth-order valence-corrected chi connectivity index (χ4v) is 3.24. The molecule has 0 N–H and O–H groups in total. The highest BCUT2D eigenvalue weighted by atomic mass is 16.5. The van der Waals surface area contributed by atoms with Crippen molar-refractivity contribution in [3.8, 4) is 0 Å². The summed E-state index contributed by atoms with van der Waals surface area (Å²) in [6, 6.07) is 0. The maximum absolute atomic E-state index is 5.63. The quantitative estimate of drug-likeness (QED) is 0.638. The van der Waals surface area contributed by atoms with Gasteiger partial charge in [-0.15, -0.1) is 0 Å². The zero-order valence-corrected chi connectivity index (χ0v) is 9.54. The van der Waals surface area contributed by atoms with Gasteiger partial charge in [-0.2, -0.15) is 0 Å². The molecule has 1 saturated carbocycles. The molecule has 0 amide bonds. The van der Waals surface area contributed by atoms with Gasteiger partial charge in [0, 0.05) is 20.2 Å². The van der Waals surface area contributed by atoms with E-state index >= 15 is 0 Å². The minimum absolute atomic E-state index is 0.525. The van der Waals surface area contributed by atoms with Crippen LogP contribution in [-0.2, 0) is 4.74 Å². The standard InChI is InChI=1S/C12H23NO/c1-13-8-10-4-3-5-12(14-2)11(9-13)7-6-10/h10-12H,3-9H2,1-2H3. The Balaban J connectivity index is 2.07. The van der Waals surface area contributed by atoms with Gasteiger partial charge in [-0.05, 0) is 44.6 Å². The van der Waals surface area contributed by atoms with Gasteiger partial charge < -0.3 is 9.64 Å². The maximum Gasteiger partial charge on any atom is 0.0611 e. The van der Waals surface area contributed by atoms with Crippen molar-refractivity contribution in [2.24, 2.45) is 11.8 Å². The molecule has 0 radical (unpaired) electrons. The molecule has 14 heavy (non-hydrogen) atoms. The van der Waals surface area contributed by atoms with Gasteiger partial charge in [0.15, 0.2) is 0 Å². The SMILES string of the molecule is COC1CCCC2CCC1CN(C)C2. The Hall–Kier alpha value is -0.0800. The van der Waals surface area contributed by atoms with Crippen molar-refractivity contribution in [2.75, 3.05) is 27.2 Å². The third-order valence-corrected chi connectivity index (χ3v) is 3.99. The van der Waals surface area contributed by atoms with Crippen LogP contribution in [0, 0.1) is 11.8 Å². The summed E-state index contributed by atoms with van der Waals surface area (Å²) in [5, 5.41) is 0. The van der Waals surface area contributed by atoms with Crippen molar-refractivity contribution >= 4 is 0 Å². The van der Waals surface area contributed by atoms with E-state index < -0.39 is 0 Å². The summed E-state index contributed by atoms with van der Waals surface area (Å²) in [6.45, 7) is 2.56. The first-order valence-corrected chi connectivity index (χ1v) is 6.01. The van der Waals surface area contributed by atoms with Crippen LogP contribution < -0.4 is 0 Å². The molecule has 2 nitrogen and oxygen atoms in total. The second kappa shape index (κ2) is 4.63. The number of likely N-dealkylation sites (tertiary alicyclic amines) is 1. The Morgan fingerprint density at radius 1 is 1.07 bits per heavy atom. The van der Waals surface area contributed by atoms with E-state index in [-0.39, 0.29) is 0 Å². The first-order valence-electron chi connectivity index (χ1n) is 6.01. The first-order chi connectivity index (χ1) is 6.79. The summed E-state index contributed by atoms with van der Waals surface area (Å²) >= 11 is 0. The second-order valence-corrected chi connectivity index (χ2v) is 5.13. The van der Waals surface area contributed by atoms with Crippen molar-refractivity contribution in [2.45, 2.75) is 38.2 Å². The fourth-order valence-electron chi connectivity index (χ4n) is 3.24. The molecule has 0 spiro atoms. The molecule has 1 heterocycles. The van der Waals surface area contributed by atoms with Gasteiger partial charge in [-0.3, -0.25) is 0 Å². The molecule has 1 saturated heterocycles. The van der Waals surface area contributed by atoms with Crippen LogP contribution in [0.2, 0.25) is 0 Å². The molecule has 2 bridgehead atoms. The second-order valence-electron chi connectivity index (χ2n) is 5.13. The number of methoxy groups -OCH3 is 1. The highest BCUT2D eigenvalue weighted by molar-refractivity contribution is 4.82. The number of rotatable bonds is 1. The monoisotopic (exact) mass is 197 g/mol. The van der Waals surface area contributed by atoms with Crippen LogP contribution in [0.3, 0.4) is 0 Å². The fraction of sp³-hybridized carbons (Fsp3) is 1.00. The molecule has 0 aromatic heterocycles. The maximum atomic E-state index is 5.63. The molecule has 2 aliphatic rings. The van der Waals surface area contributed by atoms with Gasteiger partial charge in [0.2, 0.25) is 0 Å². The van der Waals surface area contributed by atoms with Crippen LogP contribution >= 0.6 is 0 Å². The largest absolute Gasteiger partial charge is 0.381 e. The smallest absolute Gasteiger partial charge is 0.0611 e. The Morgan fingerprint density at radius 2 is 1.93 bits per heavy atom. The number of nitrogens with zero attached hydrogens (tertiary/aromatic N) is 1. The number of fused-ring (bicyclic) bond motifs is 3. The van der Waals surface area contributed by atoms with Crippen molar-refractivity contribution in [3.63, 3.8) is 0 Å². The van der Waals surface area contributed by atoms with E-state index in [4.69, 9.17) is 4.74 Å². The lowest BCUT2D eigenvalue weighted by molar-refractivity contribution is 0.0305. The van der Waals surface area contributed by atoms with E-state index in [0.717, 1.165) is 11.8 Å². The lowest BCUT2D eigenvalue weighted by Gasteiger charge is -2.27. The summed E-state index contributed by atoms with van der Waals surface area (Å²) in [4.78, 5) is 2.51. The summed E-state index contributed by atoms with van der Waals surface area (Å²) < 4.78 is 5.63. The van der Waals surface area contributed by atoms with Crippen molar-refractivity contribution in [1.29, 1.82) is 0 Å². The van der Waals surface area contributed by atoms with E-state index in [1.165, 1.54) is 45.2 Å². The van der Waals surface area contributed by atoms with Crippen LogP contribution in [0.1, 0.15) is 32.1 Å². The van der Waals surface area contributed by atoms with Crippen molar-refractivity contribution in [3.05, 3.63) is 0 Å². The van der Waals surface area contributed by atoms with Crippen LogP contribution in [0.25, 0.3) is 0 Å². The molecule has 0 aromatic carbocycles. The molecule has 82 valence electrons. The molecular weight excluding hydrogens is 174 g/mol. The molecule has 2 rings (SSSR count).